The maximum atomic E-state index is 13.2. The molecule has 0 saturated carbocycles. The van der Waals surface area contributed by atoms with Crippen LogP contribution in [0.25, 0.3) is 0 Å². The number of hydrogen-bond acceptors (Lipinski definition) is 14. The number of amides is 2. The molecule has 0 radical (unpaired) electrons. The summed E-state index contributed by atoms with van der Waals surface area (Å²) >= 11 is 0. The summed E-state index contributed by atoms with van der Waals surface area (Å²) in [6, 6.07) is 32.9. The summed E-state index contributed by atoms with van der Waals surface area (Å²) in [6.07, 6.45) is 19.9. The molecule has 3 aromatic carbocycles. The fourth-order valence-electron chi connectivity index (χ4n) is 14.5. The lowest BCUT2D eigenvalue weighted by molar-refractivity contribution is 0.0118. The molecule has 6 aliphatic rings. The second-order valence-electron chi connectivity index (χ2n) is 32.6. The highest BCUT2D eigenvalue weighted by Gasteiger charge is 2.35. The highest BCUT2D eigenvalue weighted by Crippen LogP contribution is 2.35. The van der Waals surface area contributed by atoms with E-state index in [-0.39, 0.29) is 18.1 Å². The van der Waals surface area contributed by atoms with Crippen LogP contribution in [0.2, 0.25) is 0 Å². The van der Waals surface area contributed by atoms with Crippen LogP contribution in [0.1, 0.15) is 304 Å². The molecule has 2 amide bonds. The first kappa shape index (κ1) is 85.0. The number of carbonyl (C=O) groups excluding carboxylic acids is 2. The van der Waals surface area contributed by atoms with Crippen molar-refractivity contribution in [3.8, 4) is 0 Å². The highest BCUT2D eigenvalue weighted by atomic mass is 19.3. The molecule has 584 valence electrons. The largest absolute Gasteiger partial charge is 0.491 e. The van der Waals surface area contributed by atoms with Gasteiger partial charge < -0.3 is 37.5 Å². The Kier molecular flexibility index (Phi) is 31.0. The van der Waals surface area contributed by atoms with Gasteiger partial charge in [0.05, 0.1) is 19.2 Å². The van der Waals surface area contributed by atoms with Crippen molar-refractivity contribution in [1.29, 1.82) is 0 Å². The summed E-state index contributed by atoms with van der Waals surface area (Å²) < 4.78 is 31.8. The zero-order valence-corrected chi connectivity index (χ0v) is 67.7. The molecule has 4 atom stereocenters. The third-order valence-electron chi connectivity index (χ3n) is 21.8. The van der Waals surface area contributed by atoms with Crippen molar-refractivity contribution in [3.05, 3.63) is 246 Å². The number of alkyl halides is 2. The summed E-state index contributed by atoms with van der Waals surface area (Å²) in [6.45, 7) is 37.8. The van der Waals surface area contributed by atoms with E-state index in [4.69, 9.17) is 21.9 Å². The van der Waals surface area contributed by atoms with Crippen LogP contribution in [-0.2, 0) is 69.4 Å². The van der Waals surface area contributed by atoms with E-state index in [0.717, 1.165) is 99.8 Å². The zero-order valence-electron chi connectivity index (χ0n) is 67.7. The first-order chi connectivity index (χ1) is 52.0. The molecule has 9 N–H and O–H groups in total. The molecule has 0 saturated heterocycles. The van der Waals surface area contributed by atoms with Crippen LogP contribution in [0.4, 0.5) is 8.78 Å². The number of benzene rings is 3. The molecular formula is C90H123BF2N12O4. The Bertz CT molecular complexity index is 4220. The van der Waals surface area contributed by atoms with Crippen LogP contribution < -0.4 is 33.3 Å². The molecular weight excluding hydrogens is 1360 g/mol. The van der Waals surface area contributed by atoms with E-state index in [9.17, 15) is 23.4 Å². The van der Waals surface area contributed by atoms with Crippen molar-refractivity contribution in [2.45, 2.75) is 247 Å². The molecule has 8 heterocycles. The van der Waals surface area contributed by atoms with Crippen LogP contribution in [0, 0.1) is 5.92 Å². The average Bonchev–Trinajstić information content (AvgIpc) is 1.76. The molecule has 3 aliphatic heterocycles. The highest BCUT2D eigenvalue weighted by molar-refractivity contribution is 6.61. The minimum absolute atomic E-state index is 0.0636. The van der Waals surface area contributed by atoms with Crippen LogP contribution in [0.3, 0.4) is 0 Å². The van der Waals surface area contributed by atoms with Gasteiger partial charge in [-0.2, -0.15) is 0 Å². The second kappa shape index (κ2) is 39.8. The van der Waals surface area contributed by atoms with Crippen LogP contribution in [0.15, 0.2) is 128 Å². The number of rotatable bonds is 18. The van der Waals surface area contributed by atoms with Crippen molar-refractivity contribution in [2.24, 2.45) is 23.1 Å². The second-order valence-corrected chi connectivity index (χ2v) is 32.6. The van der Waals surface area contributed by atoms with Gasteiger partial charge in [-0.05, 0) is 200 Å². The van der Waals surface area contributed by atoms with Crippen molar-refractivity contribution >= 4 is 24.4 Å². The Morgan fingerprint density at radius 3 is 1.45 bits per heavy atom. The van der Waals surface area contributed by atoms with Crippen molar-refractivity contribution < 1.29 is 28.0 Å². The molecule has 3 aliphatic carbocycles. The van der Waals surface area contributed by atoms with E-state index in [1.54, 1.807) is 12.1 Å². The van der Waals surface area contributed by atoms with Crippen LogP contribution >= 0.6 is 0 Å². The average molecular weight is 1490 g/mol. The fraction of sp³-hybridized carbons (Fsp3) is 0.500. The van der Waals surface area contributed by atoms with Crippen molar-refractivity contribution in [3.63, 3.8) is 0 Å². The van der Waals surface area contributed by atoms with E-state index in [2.05, 4.69) is 192 Å². The van der Waals surface area contributed by atoms with E-state index >= 15 is 0 Å². The number of nitrogens with two attached hydrogens (primary N) is 3. The van der Waals surface area contributed by atoms with Gasteiger partial charge in [-0.1, -0.05) is 177 Å². The summed E-state index contributed by atoms with van der Waals surface area (Å²) in [4.78, 5) is 51.6. The number of aryl methyl sites for hydroxylation is 2. The Balaban J connectivity index is 0.000000156. The molecule has 16 nitrogen and oxygen atoms in total. The van der Waals surface area contributed by atoms with E-state index < -0.39 is 32.0 Å². The lowest BCUT2D eigenvalue weighted by Gasteiger charge is -2.28. The normalized spacial score (nSPS) is 17.5. The maximum Gasteiger partial charge on any atom is 0.491 e. The zero-order chi connectivity index (χ0) is 78.8. The van der Waals surface area contributed by atoms with E-state index in [0.29, 0.717) is 59.7 Å². The quantitative estimate of drug-likeness (QED) is 0.0439. The minimum atomic E-state index is -3.09. The van der Waals surface area contributed by atoms with Gasteiger partial charge in [0.25, 0.3) is 17.7 Å². The van der Waals surface area contributed by atoms with Crippen LogP contribution in [-0.4, -0.2) is 104 Å². The molecule has 0 bridgehead atoms. The predicted octanol–water partition coefficient (Wildman–Crippen LogP) is 15.9. The Morgan fingerprint density at radius 2 is 0.972 bits per heavy atom. The van der Waals surface area contributed by atoms with Gasteiger partial charge in [-0.3, -0.25) is 44.3 Å². The molecule has 0 fully saturated rings. The van der Waals surface area contributed by atoms with Crippen LogP contribution in [0.5, 0.6) is 0 Å². The van der Waals surface area contributed by atoms with Gasteiger partial charge in [-0.15, -0.1) is 0 Å². The smallest absolute Gasteiger partial charge is 0.423 e. The molecule has 19 heteroatoms. The Hall–Kier alpha value is -8.01. The number of hydrogen-bond donors (Lipinski definition) is 6. The summed E-state index contributed by atoms with van der Waals surface area (Å²) in [5.74, 6) is 1.06. The predicted molar refractivity (Wildman–Crippen MR) is 439 cm³/mol. The standard InChI is InChI=1S/C22H28F2N4O.C21H28N4O.C12H17BO2.2C12H17N.C11H16N2/c1-15(2)18-9-19-12-28(8-7-20(19)26-10-18)11-16-3-5-17(6-4-16)21(29)27-14-22(23,24)13-25;1-15(2)18-11-19-14-25(10-7-20(19)24-12-18)13-16-3-5-17(6-4-16)21(26)23-9-8-22;1-4-12-10-7-9(8(2)3)5-6-11(10)13(14)15-12;1-8(2)11-6-10-4-9(3)5-12(10)13-7-11;1-8(2)10-6-11-9(3)4-5-12(11)13-7-10;1-7(2)8-5-9-10(12)3-4-11(9)13-6-8/h3-6,9-10,15H,7-8,11-14,25H2,1-2H3,(H,27,29);3-6,11-12,15H,7-10,13-14,22H2,1-2H3,(H,23,26);5-8,12,14H,4H2,1-3H3;2*6-9H,4-5H2,1-3H3;5-7,10H,3-4,12H2,1-2H3. The first-order valence-corrected chi connectivity index (χ1v) is 40.1. The number of halogens is 2. The van der Waals surface area contributed by atoms with Gasteiger partial charge >= 0.3 is 7.12 Å². The fourth-order valence-corrected chi connectivity index (χ4v) is 14.5. The number of nitrogens with zero attached hydrogens (tertiary/aromatic N) is 7. The molecule has 0 spiro atoms. The summed E-state index contributed by atoms with van der Waals surface area (Å²) in [5, 5.41) is 14.7. The molecule has 14 rings (SSSR count). The minimum Gasteiger partial charge on any atom is -0.423 e. The summed E-state index contributed by atoms with van der Waals surface area (Å²) in [5.41, 5.74) is 42.9. The Labute approximate surface area is 649 Å². The molecule has 4 unspecified atom stereocenters. The monoisotopic (exact) mass is 1480 g/mol. The van der Waals surface area contributed by atoms with Crippen molar-refractivity contribution in [2.75, 3.05) is 39.3 Å². The van der Waals surface area contributed by atoms with Gasteiger partial charge in [0, 0.05) is 142 Å². The number of carbonyl (C=O) groups is 2. The molecule has 109 heavy (non-hydrogen) atoms. The molecule has 5 aromatic heterocycles. The third-order valence-corrected chi connectivity index (χ3v) is 21.8. The Morgan fingerprint density at radius 1 is 0.541 bits per heavy atom. The number of pyridine rings is 5. The first-order valence-electron chi connectivity index (χ1n) is 40.1. The number of aromatic nitrogens is 5. The lowest BCUT2D eigenvalue weighted by atomic mass is 9.78. The van der Waals surface area contributed by atoms with Gasteiger partial charge in [0.1, 0.15) is 0 Å². The van der Waals surface area contributed by atoms with E-state index in [1.807, 2.05) is 73.4 Å². The number of fused-ring (bicyclic) bond motifs is 6. The van der Waals surface area contributed by atoms with E-state index in [1.165, 1.54) is 121 Å². The number of nitrogens with one attached hydrogen (secondary N) is 2. The maximum absolute atomic E-state index is 13.2. The summed E-state index contributed by atoms with van der Waals surface area (Å²) in [7, 11) is -0.730. The van der Waals surface area contributed by atoms with Gasteiger partial charge in [0.2, 0.25) is 0 Å². The molecule has 8 aromatic rings. The third kappa shape index (κ3) is 23.8. The van der Waals surface area contributed by atoms with Crippen molar-refractivity contribution in [1.82, 2.24) is 45.4 Å². The van der Waals surface area contributed by atoms with Gasteiger partial charge in [-0.25, -0.2) is 8.78 Å². The lowest BCUT2D eigenvalue weighted by Crippen LogP contribution is -2.41. The topological polar surface area (TPSA) is 237 Å². The SMILES string of the molecule is CC(C)c1cnc2c(c1)C(C)CC2.CC(C)c1cnc2c(c1)C(N)CC2.CC(C)c1cnc2c(c1)CN(Cc1ccc(C(=O)NCC(F)(F)CN)cc1)CC2.CC(C)c1cnc2c(c1)CN(Cc1ccc(C(=O)NCCN)cc1)CC2.CC1Cc2cc(C(C)C)cnc2C1.CCC1OB(O)c2ccc(C(C)C)cc21. The van der Waals surface area contributed by atoms with Gasteiger partial charge in [0.15, 0.2) is 0 Å².